The van der Waals surface area contributed by atoms with E-state index < -0.39 is 0 Å². The van der Waals surface area contributed by atoms with Crippen molar-refractivity contribution in [1.82, 2.24) is 14.5 Å². The fraction of sp³-hybridized carbons (Fsp3) is 0.250. The molecule has 0 radical (unpaired) electrons. The van der Waals surface area contributed by atoms with Crippen molar-refractivity contribution in [3.8, 4) is 11.4 Å². The fourth-order valence-corrected chi connectivity index (χ4v) is 3.96. The summed E-state index contributed by atoms with van der Waals surface area (Å²) in [5, 5.41) is 2.25. The van der Waals surface area contributed by atoms with Crippen LogP contribution in [0.1, 0.15) is 31.9 Å². The Kier molecular flexibility index (Phi) is 3.45. The molecule has 0 bridgehead atoms. The van der Waals surface area contributed by atoms with Gasteiger partial charge in [-0.05, 0) is 63.9 Å². The summed E-state index contributed by atoms with van der Waals surface area (Å²) in [6.45, 7) is 10.7. The summed E-state index contributed by atoms with van der Waals surface area (Å²) in [6.07, 6.45) is 1.90. The predicted octanol–water partition coefficient (Wildman–Crippen LogP) is 6.37. The molecule has 0 amide bonds. The normalized spacial score (nSPS) is 12.5. The van der Waals surface area contributed by atoms with Crippen LogP contribution in [0.15, 0.2) is 53.1 Å². The van der Waals surface area contributed by atoms with Crippen LogP contribution in [0.25, 0.3) is 44.5 Å². The number of furan rings is 1. The average Bonchev–Trinajstić information content (AvgIpc) is 3.18. The number of pyridine rings is 1. The van der Waals surface area contributed by atoms with E-state index in [0.29, 0.717) is 0 Å². The maximum absolute atomic E-state index is 6.33. The van der Waals surface area contributed by atoms with Gasteiger partial charge in [0.25, 0.3) is 0 Å². The Hall–Kier alpha value is -3.14. The minimum atomic E-state index is -0.170. The molecule has 0 aliphatic carbocycles. The van der Waals surface area contributed by atoms with Crippen LogP contribution in [-0.2, 0) is 5.54 Å². The summed E-state index contributed by atoms with van der Waals surface area (Å²) >= 11 is 0. The molecule has 0 fully saturated rings. The van der Waals surface area contributed by atoms with E-state index in [9.17, 15) is 0 Å². The van der Waals surface area contributed by atoms with Gasteiger partial charge >= 0.3 is 0 Å². The second kappa shape index (κ2) is 5.68. The van der Waals surface area contributed by atoms with Gasteiger partial charge in [0.05, 0.1) is 5.56 Å². The Bertz CT molecular complexity index is 1370. The molecule has 0 spiro atoms. The Morgan fingerprint density at radius 2 is 1.75 bits per heavy atom. The van der Waals surface area contributed by atoms with Crippen molar-refractivity contribution in [2.45, 2.75) is 40.2 Å². The molecule has 28 heavy (non-hydrogen) atoms. The second-order valence-corrected chi connectivity index (χ2v) is 8.58. The maximum Gasteiger partial charge on any atom is 0.160 e. The summed E-state index contributed by atoms with van der Waals surface area (Å²) in [4.78, 5) is 9.69. The Labute approximate surface area is 163 Å². The smallest absolute Gasteiger partial charge is 0.160 e. The summed E-state index contributed by atoms with van der Waals surface area (Å²) in [5.41, 5.74) is 6.72. The van der Waals surface area contributed by atoms with Crippen molar-refractivity contribution in [2.24, 2.45) is 0 Å². The lowest BCUT2D eigenvalue weighted by atomic mass is 10.1. The molecule has 140 valence electrons. The molecule has 0 atom stereocenters. The number of hydrogen-bond donors (Lipinski definition) is 0. The molecule has 4 heteroatoms. The largest absolute Gasteiger partial charge is 0.455 e. The summed E-state index contributed by atoms with van der Waals surface area (Å²) < 4.78 is 8.55. The van der Waals surface area contributed by atoms with Gasteiger partial charge in [-0.3, -0.25) is 0 Å². The van der Waals surface area contributed by atoms with Crippen LogP contribution in [0.5, 0.6) is 0 Å². The molecule has 4 nitrogen and oxygen atoms in total. The summed E-state index contributed by atoms with van der Waals surface area (Å²) in [6, 6.07) is 14.7. The summed E-state index contributed by atoms with van der Waals surface area (Å²) in [7, 11) is 0. The van der Waals surface area contributed by atoms with Crippen molar-refractivity contribution in [3.05, 3.63) is 59.8 Å². The van der Waals surface area contributed by atoms with Gasteiger partial charge in [-0.25, -0.2) is 9.97 Å². The first-order chi connectivity index (χ1) is 13.3. The van der Waals surface area contributed by atoms with Crippen molar-refractivity contribution in [1.29, 1.82) is 0 Å². The van der Waals surface area contributed by atoms with Crippen LogP contribution in [0, 0.1) is 13.8 Å². The minimum absolute atomic E-state index is 0.170. The van der Waals surface area contributed by atoms with Gasteiger partial charge in [-0.1, -0.05) is 24.3 Å². The van der Waals surface area contributed by atoms with E-state index in [1.807, 2.05) is 13.1 Å². The van der Waals surface area contributed by atoms with E-state index in [1.165, 1.54) is 5.56 Å². The molecular weight excluding hydrogens is 346 g/mol. The third-order valence-corrected chi connectivity index (χ3v) is 5.20. The van der Waals surface area contributed by atoms with E-state index >= 15 is 0 Å². The van der Waals surface area contributed by atoms with Gasteiger partial charge in [0.1, 0.15) is 22.5 Å². The van der Waals surface area contributed by atoms with Gasteiger partial charge < -0.3 is 8.98 Å². The first kappa shape index (κ1) is 17.0. The number of hydrogen-bond acceptors (Lipinski definition) is 3. The van der Waals surface area contributed by atoms with Crippen molar-refractivity contribution in [3.63, 3.8) is 0 Å². The molecule has 5 rings (SSSR count). The first-order valence-electron chi connectivity index (χ1n) is 9.61. The van der Waals surface area contributed by atoms with Crippen LogP contribution < -0.4 is 0 Å². The highest BCUT2D eigenvalue weighted by molar-refractivity contribution is 6.09. The lowest BCUT2D eigenvalue weighted by Gasteiger charge is -2.24. The Morgan fingerprint density at radius 1 is 0.929 bits per heavy atom. The molecule has 3 heterocycles. The Morgan fingerprint density at radius 3 is 2.54 bits per heavy atom. The van der Waals surface area contributed by atoms with Crippen molar-refractivity contribution in [2.75, 3.05) is 0 Å². The SMILES string of the molecule is Cc1cnc2c(c1)nc(-c1cccc3c1oc1cc(C)ccc13)n2C(C)(C)C. The number of aryl methyl sites for hydroxylation is 2. The molecule has 0 aliphatic heterocycles. The lowest BCUT2D eigenvalue weighted by Crippen LogP contribution is -2.23. The molecule has 5 aromatic rings. The number of benzene rings is 2. The van der Waals surface area contributed by atoms with Gasteiger partial charge in [-0.2, -0.15) is 0 Å². The van der Waals surface area contributed by atoms with E-state index in [4.69, 9.17) is 14.4 Å². The molecular formula is C24H23N3O. The summed E-state index contributed by atoms with van der Waals surface area (Å²) in [5.74, 6) is 0.891. The number of nitrogens with zero attached hydrogens (tertiary/aromatic N) is 3. The van der Waals surface area contributed by atoms with E-state index in [0.717, 1.165) is 50.1 Å². The van der Waals surface area contributed by atoms with Crippen LogP contribution >= 0.6 is 0 Å². The monoisotopic (exact) mass is 369 g/mol. The standard InChI is InChI=1S/C24H23N3O/c1-14-9-10-16-17-7-6-8-18(21(17)28-20(16)12-14)22-26-19-11-15(2)13-25-23(19)27(22)24(3,4)5/h6-13H,1-5H3. The number of rotatable bonds is 1. The average molecular weight is 369 g/mol. The molecule has 0 saturated carbocycles. The van der Waals surface area contributed by atoms with Crippen molar-refractivity contribution < 1.29 is 4.42 Å². The number of fused-ring (bicyclic) bond motifs is 4. The topological polar surface area (TPSA) is 43.9 Å². The second-order valence-electron chi connectivity index (χ2n) is 8.58. The van der Waals surface area contributed by atoms with Gasteiger partial charge in [-0.15, -0.1) is 0 Å². The molecule has 2 aromatic carbocycles. The van der Waals surface area contributed by atoms with Crippen LogP contribution in [0.2, 0.25) is 0 Å². The van der Waals surface area contributed by atoms with E-state index in [2.05, 4.69) is 74.7 Å². The van der Waals surface area contributed by atoms with E-state index in [1.54, 1.807) is 0 Å². The Balaban J connectivity index is 1.90. The van der Waals surface area contributed by atoms with E-state index in [-0.39, 0.29) is 5.54 Å². The van der Waals surface area contributed by atoms with Crippen LogP contribution in [-0.4, -0.2) is 14.5 Å². The van der Waals surface area contributed by atoms with Crippen LogP contribution in [0.3, 0.4) is 0 Å². The third-order valence-electron chi connectivity index (χ3n) is 5.20. The number of imidazole rings is 1. The highest BCUT2D eigenvalue weighted by Crippen LogP contribution is 2.38. The zero-order valence-corrected chi connectivity index (χ0v) is 16.9. The van der Waals surface area contributed by atoms with Gasteiger partial charge in [0.2, 0.25) is 0 Å². The highest BCUT2D eigenvalue weighted by atomic mass is 16.3. The molecule has 0 saturated heterocycles. The molecule has 0 aliphatic rings. The zero-order valence-electron chi connectivity index (χ0n) is 16.9. The van der Waals surface area contributed by atoms with Crippen LogP contribution in [0.4, 0.5) is 0 Å². The maximum atomic E-state index is 6.33. The quantitative estimate of drug-likeness (QED) is 0.345. The van der Waals surface area contributed by atoms with Gasteiger partial charge in [0.15, 0.2) is 5.65 Å². The minimum Gasteiger partial charge on any atom is -0.455 e. The van der Waals surface area contributed by atoms with Gasteiger partial charge in [0, 0.05) is 22.5 Å². The first-order valence-corrected chi connectivity index (χ1v) is 9.61. The molecule has 0 unspecified atom stereocenters. The molecule has 0 N–H and O–H groups in total. The lowest BCUT2D eigenvalue weighted by molar-refractivity contribution is 0.410. The zero-order chi connectivity index (χ0) is 19.6. The predicted molar refractivity (Wildman–Crippen MR) is 115 cm³/mol. The fourth-order valence-electron chi connectivity index (χ4n) is 3.96. The van der Waals surface area contributed by atoms with Crippen molar-refractivity contribution >= 4 is 33.1 Å². The number of aromatic nitrogens is 3. The number of para-hydroxylation sites is 1. The highest BCUT2D eigenvalue weighted by Gasteiger charge is 2.25. The third kappa shape index (κ3) is 2.44. The molecule has 3 aromatic heterocycles.